The van der Waals surface area contributed by atoms with Gasteiger partial charge in [0.25, 0.3) is 5.91 Å². The van der Waals surface area contributed by atoms with Crippen LogP contribution in [0.5, 0.6) is 0 Å². The second kappa shape index (κ2) is 8.11. The molecule has 1 aromatic heterocycles. The van der Waals surface area contributed by atoms with Crippen LogP contribution in [-0.4, -0.2) is 21.9 Å². The maximum absolute atomic E-state index is 12.2. The zero-order chi connectivity index (χ0) is 16.8. The number of rotatable bonds is 5. The summed E-state index contributed by atoms with van der Waals surface area (Å²) in [4.78, 5) is 20.7. The van der Waals surface area contributed by atoms with Gasteiger partial charge in [0.05, 0.1) is 12.4 Å². The first-order valence-electron chi connectivity index (χ1n) is 8.32. The molecule has 1 aliphatic carbocycles. The van der Waals surface area contributed by atoms with E-state index in [1.807, 2.05) is 18.2 Å². The monoisotopic (exact) mass is 344 g/mol. The normalized spacial score (nSPS) is 15.0. The third-order valence-electron chi connectivity index (χ3n) is 4.24. The van der Waals surface area contributed by atoms with Gasteiger partial charge in [-0.15, -0.1) is 0 Å². The zero-order valence-corrected chi connectivity index (χ0v) is 14.2. The number of carbonyl (C=O) groups is 1. The fourth-order valence-electron chi connectivity index (χ4n) is 2.88. The van der Waals surface area contributed by atoms with Gasteiger partial charge in [-0.25, -0.2) is 9.97 Å². The molecule has 24 heavy (non-hydrogen) atoms. The molecule has 2 N–H and O–H groups in total. The Morgan fingerprint density at radius 2 is 1.92 bits per heavy atom. The van der Waals surface area contributed by atoms with Gasteiger partial charge in [0.2, 0.25) is 0 Å². The minimum absolute atomic E-state index is 0.258. The fourth-order valence-corrected chi connectivity index (χ4v) is 3.09. The number of halogens is 1. The standard InChI is InChI=1S/C18H21ClN4O/c19-15-9-5-4-6-13(15)10-22-18(24)16-11-21-17(12-20-16)23-14-7-2-1-3-8-14/h4-6,9,11-12,14H,1-3,7-8,10H2,(H,21,23)(H,22,24). The lowest BCUT2D eigenvalue weighted by Gasteiger charge is -2.23. The molecule has 126 valence electrons. The second-order valence-electron chi connectivity index (χ2n) is 6.04. The van der Waals surface area contributed by atoms with Gasteiger partial charge in [-0.1, -0.05) is 49.1 Å². The number of aromatic nitrogens is 2. The highest BCUT2D eigenvalue weighted by Gasteiger charge is 2.14. The molecule has 1 fully saturated rings. The van der Waals surface area contributed by atoms with E-state index in [1.165, 1.54) is 38.3 Å². The second-order valence-corrected chi connectivity index (χ2v) is 6.45. The molecular weight excluding hydrogens is 324 g/mol. The summed E-state index contributed by atoms with van der Waals surface area (Å²) in [5.41, 5.74) is 1.17. The van der Waals surface area contributed by atoms with Crippen molar-refractivity contribution in [3.05, 3.63) is 52.9 Å². The number of benzene rings is 1. The Balaban J connectivity index is 1.54. The molecule has 0 unspecified atom stereocenters. The number of carbonyl (C=O) groups excluding carboxylic acids is 1. The van der Waals surface area contributed by atoms with Crippen molar-refractivity contribution in [3.63, 3.8) is 0 Å². The molecule has 2 aromatic rings. The van der Waals surface area contributed by atoms with Gasteiger partial charge in [0.15, 0.2) is 0 Å². The van der Waals surface area contributed by atoms with Crippen LogP contribution in [-0.2, 0) is 6.54 Å². The van der Waals surface area contributed by atoms with Crippen LogP contribution >= 0.6 is 11.6 Å². The maximum Gasteiger partial charge on any atom is 0.271 e. The molecule has 6 heteroatoms. The van der Waals surface area contributed by atoms with E-state index >= 15 is 0 Å². The van der Waals surface area contributed by atoms with Crippen molar-refractivity contribution >= 4 is 23.3 Å². The lowest BCUT2D eigenvalue weighted by atomic mass is 9.96. The molecule has 0 aliphatic heterocycles. The highest BCUT2D eigenvalue weighted by Crippen LogP contribution is 2.20. The summed E-state index contributed by atoms with van der Waals surface area (Å²) >= 11 is 6.08. The van der Waals surface area contributed by atoms with Crippen molar-refractivity contribution in [1.82, 2.24) is 15.3 Å². The van der Waals surface area contributed by atoms with Gasteiger partial charge in [-0.05, 0) is 24.5 Å². The van der Waals surface area contributed by atoms with Crippen LogP contribution in [0.2, 0.25) is 5.02 Å². The SMILES string of the molecule is O=C(NCc1ccccc1Cl)c1cnc(NC2CCCCC2)cn1. The number of hydrogen-bond donors (Lipinski definition) is 2. The summed E-state index contributed by atoms with van der Waals surface area (Å²) in [6, 6.07) is 7.89. The van der Waals surface area contributed by atoms with Crippen molar-refractivity contribution in [2.75, 3.05) is 5.32 Å². The van der Waals surface area contributed by atoms with Crippen LogP contribution in [0, 0.1) is 0 Å². The van der Waals surface area contributed by atoms with Gasteiger partial charge in [-0.2, -0.15) is 0 Å². The van der Waals surface area contributed by atoms with E-state index in [2.05, 4.69) is 20.6 Å². The van der Waals surface area contributed by atoms with Crippen LogP contribution in [0.1, 0.15) is 48.2 Å². The van der Waals surface area contributed by atoms with Gasteiger partial charge in [0.1, 0.15) is 11.5 Å². The van der Waals surface area contributed by atoms with Crippen LogP contribution in [0.4, 0.5) is 5.82 Å². The lowest BCUT2D eigenvalue weighted by Crippen LogP contribution is -2.25. The van der Waals surface area contributed by atoms with Crippen LogP contribution in [0.25, 0.3) is 0 Å². The summed E-state index contributed by atoms with van der Waals surface area (Å²) in [6.07, 6.45) is 9.30. The first-order valence-corrected chi connectivity index (χ1v) is 8.70. The van der Waals surface area contributed by atoms with Gasteiger partial charge in [0, 0.05) is 17.6 Å². The molecule has 3 rings (SSSR count). The first-order chi connectivity index (χ1) is 11.7. The highest BCUT2D eigenvalue weighted by molar-refractivity contribution is 6.31. The molecule has 1 aliphatic rings. The Kier molecular flexibility index (Phi) is 5.64. The molecule has 0 spiro atoms. The molecule has 0 atom stereocenters. The largest absolute Gasteiger partial charge is 0.366 e. The number of nitrogens with one attached hydrogen (secondary N) is 2. The zero-order valence-electron chi connectivity index (χ0n) is 13.5. The predicted octanol–water partition coefficient (Wildman–Crippen LogP) is 3.80. The minimum Gasteiger partial charge on any atom is -0.366 e. The van der Waals surface area contributed by atoms with Gasteiger partial charge in [-0.3, -0.25) is 4.79 Å². The Morgan fingerprint density at radius 3 is 2.62 bits per heavy atom. The molecule has 0 saturated heterocycles. The molecule has 1 saturated carbocycles. The Morgan fingerprint density at radius 1 is 1.12 bits per heavy atom. The number of nitrogens with zero attached hydrogens (tertiary/aromatic N) is 2. The van der Waals surface area contributed by atoms with E-state index in [-0.39, 0.29) is 5.91 Å². The van der Waals surface area contributed by atoms with E-state index in [0.29, 0.717) is 23.3 Å². The molecule has 1 amide bonds. The number of hydrogen-bond acceptors (Lipinski definition) is 4. The van der Waals surface area contributed by atoms with E-state index in [4.69, 9.17) is 11.6 Å². The molecule has 1 aromatic carbocycles. The summed E-state index contributed by atoms with van der Waals surface area (Å²) in [5, 5.41) is 6.84. The molecule has 0 bridgehead atoms. The summed E-state index contributed by atoms with van der Waals surface area (Å²) in [7, 11) is 0. The van der Waals surface area contributed by atoms with Crippen molar-refractivity contribution in [2.24, 2.45) is 0 Å². The maximum atomic E-state index is 12.2. The molecule has 1 heterocycles. The van der Waals surface area contributed by atoms with Crippen LogP contribution in [0.15, 0.2) is 36.7 Å². The predicted molar refractivity (Wildman–Crippen MR) is 95.1 cm³/mol. The van der Waals surface area contributed by atoms with Crippen molar-refractivity contribution in [1.29, 1.82) is 0 Å². The van der Waals surface area contributed by atoms with Crippen molar-refractivity contribution in [2.45, 2.75) is 44.7 Å². The Bertz CT molecular complexity index is 684. The van der Waals surface area contributed by atoms with Crippen LogP contribution in [0.3, 0.4) is 0 Å². The minimum atomic E-state index is -0.258. The van der Waals surface area contributed by atoms with Crippen molar-refractivity contribution in [3.8, 4) is 0 Å². The highest BCUT2D eigenvalue weighted by atomic mass is 35.5. The van der Waals surface area contributed by atoms with E-state index in [1.54, 1.807) is 12.3 Å². The summed E-state index contributed by atoms with van der Waals surface area (Å²) < 4.78 is 0. The quantitative estimate of drug-likeness (QED) is 0.865. The Hall–Kier alpha value is -2.14. The van der Waals surface area contributed by atoms with Crippen molar-refractivity contribution < 1.29 is 4.79 Å². The third kappa shape index (κ3) is 4.45. The smallest absolute Gasteiger partial charge is 0.271 e. The van der Waals surface area contributed by atoms with E-state index < -0.39 is 0 Å². The molecular formula is C18H21ClN4O. The van der Waals surface area contributed by atoms with E-state index in [0.717, 1.165) is 11.4 Å². The van der Waals surface area contributed by atoms with Gasteiger partial charge >= 0.3 is 0 Å². The average molecular weight is 345 g/mol. The lowest BCUT2D eigenvalue weighted by molar-refractivity contribution is 0.0945. The third-order valence-corrected chi connectivity index (χ3v) is 4.61. The van der Waals surface area contributed by atoms with Crippen LogP contribution < -0.4 is 10.6 Å². The fraction of sp³-hybridized carbons (Fsp3) is 0.389. The molecule has 5 nitrogen and oxygen atoms in total. The van der Waals surface area contributed by atoms with Gasteiger partial charge < -0.3 is 10.6 Å². The summed E-state index contributed by atoms with van der Waals surface area (Å²) in [5.74, 6) is 0.469. The number of amides is 1. The number of anilines is 1. The first kappa shape index (κ1) is 16.7. The topological polar surface area (TPSA) is 66.9 Å². The average Bonchev–Trinajstić information content (AvgIpc) is 2.62. The molecule has 0 radical (unpaired) electrons. The summed E-state index contributed by atoms with van der Waals surface area (Å²) in [6.45, 7) is 0.363. The van der Waals surface area contributed by atoms with E-state index in [9.17, 15) is 4.79 Å². The Labute approximate surface area is 146 Å².